The average molecular weight is 1910 g/mol. The van der Waals surface area contributed by atoms with Gasteiger partial charge in [0, 0.05) is 24.8 Å². The molecular formula is C146H98N4. The van der Waals surface area contributed by atoms with Gasteiger partial charge in [0.15, 0.2) is 0 Å². The molecule has 2 aromatic heterocycles. The van der Waals surface area contributed by atoms with Crippen LogP contribution in [-0.4, -0.2) is 19.9 Å². The second kappa shape index (κ2) is 41.5. The Hall–Kier alpha value is -19.8. The second-order valence-corrected chi connectivity index (χ2v) is 38.5. The number of benzene rings is 25. The Morgan fingerprint density at radius 1 is 0.0733 bits per heavy atom. The van der Waals surface area contributed by atoms with Crippen LogP contribution in [0.25, 0.3) is 265 Å². The Morgan fingerprint density at radius 2 is 0.200 bits per heavy atom. The first kappa shape index (κ1) is 91.4. The number of hydrogen-bond donors (Lipinski definition) is 0. The zero-order valence-electron chi connectivity index (χ0n) is 82.4. The van der Waals surface area contributed by atoms with Gasteiger partial charge in [0.2, 0.25) is 0 Å². The van der Waals surface area contributed by atoms with E-state index >= 15 is 0 Å². The third-order valence-electron chi connectivity index (χ3n) is 29.0. The molecule has 4 nitrogen and oxygen atoms in total. The summed E-state index contributed by atoms with van der Waals surface area (Å²) in [5.41, 5.74) is 46.6. The average Bonchev–Trinajstić information content (AvgIpc) is 0.792. The van der Waals surface area contributed by atoms with Crippen LogP contribution in [0, 0.1) is 0 Å². The van der Waals surface area contributed by atoms with Crippen LogP contribution in [0.1, 0.15) is 0 Å². The lowest BCUT2D eigenvalue weighted by molar-refractivity contribution is 1.29. The molecule has 0 fully saturated rings. The molecule has 27 rings (SSSR count). The standard InChI is InChI=1S/2C50H34.C46H30N4/c2*1-2-8-35(9-3-1)38-14-20-41(21-15-38)48-32-49(42-22-16-39(17-23-42)46-28-26-36-10-4-6-12-44(36)30-46)34-50(33-48)43-24-18-40(19-25-43)47-29-27-37-11-5-7-13-45(37)31-47;1-2-4-31(5-3-1)32-6-12-35(13-7-32)40-26-41(36-14-8-33(9-15-36)38-18-20-43-45(29-38)49-24-22-47-43)28-42(27-40)37-16-10-34(11-17-37)39-19-21-44-46(30-39)50-25-23-48-44/h2*1-34H;1-30H. The fourth-order valence-electron chi connectivity index (χ4n) is 20.7. The fourth-order valence-corrected chi connectivity index (χ4v) is 20.7. The lowest BCUT2D eigenvalue weighted by Gasteiger charge is -2.13. The number of rotatable bonds is 18. The highest BCUT2D eigenvalue weighted by Crippen LogP contribution is 2.43. The van der Waals surface area contributed by atoms with E-state index in [4.69, 9.17) is 0 Å². The SMILES string of the molecule is c1ccc(-c2ccc(-c3cc(-c4ccc(-c5ccc6ccccc6c5)cc4)cc(-c4ccc(-c5ccc6ccccc6c5)cc4)c3)cc2)cc1.c1ccc(-c2ccc(-c3cc(-c4ccc(-c5ccc6ccccc6c5)cc4)cc(-c4ccc(-c5ccc6ccccc6c5)cc4)c3)cc2)cc1.c1ccc(-c2ccc(-c3cc(-c4ccc(-c5ccc6nccnc6c5)cc4)cc(-c4ccc(-c5ccc6nccnc6c5)cc4)c3)cc2)cc1. The molecule has 27 aromatic rings. The minimum atomic E-state index is 0.894. The van der Waals surface area contributed by atoms with Gasteiger partial charge in [-0.2, -0.15) is 0 Å². The number of hydrogen-bond acceptors (Lipinski definition) is 4. The first-order valence-electron chi connectivity index (χ1n) is 51.2. The summed E-state index contributed by atoms with van der Waals surface area (Å²) in [6, 6.07) is 206. The van der Waals surface area contributed by atoms with Crippen molar-refractivity contribution in [3.8, 4) is 200 Å². The highest BCUT2D eigenvalue weighted by molar-refractivity contribution is 5.96. The van der Waals surface area contributed by atoms with Gasteiger partial charge in [-0.25, -0.2) is 0 Å². The van der Waals surface area contributed by atoms with E-state index in [9.17, 15) is 0 Å². The summed E-state index contributed by atoms with van der Waals surface area (Å²) in [4.78, 5) is 17.8. The molecule has 0 aliphatic carbocycles. The van der Waals surface area contributed by atoms with Gasteiger partial charge >= 0.3 is 0 Å². The topological polar surface area (TPSA) is 51.6 Å². The largest absolute Gasteiger partial charge is 0.253 e. The predicted molar refractivity (Wildman–Crippen MR) is 633 cm³/mol. The maximum absolute atomic E-state index is 4.50. The van der Waals surface area contributed by atoms with Crippen molar-refractivity contribution in [2.24, 2.45) is 0 Å². The molecule has 0 amide bonds. The maximum atomic E-state index is 4.50. The van der Waals surface area contributed by atoms with Crippen LogP contribution in [-0.2, 0) is 0 Å². The zero-order chi connectivity index (χ0) is 99.8. The Bertz CT molecular complexity index is 8270. The first-order valence-corrected chi connectivity index (χ1v) is 51.2. The van der Waals surface area contributed by atoms with Gasteiger partial charge in [0.25, 0.3) is 0 Å². The van der Waals surface area contributed by atoms with Crippen LogP contribution in [0.2, 0.25) is 0 Å². The van der Waals surface area contributed by atoms with Crippen molar-refractivity contribution in [3.05, 3.63) is 595 Å². The first-order chi connectivity index (χ1) is 74.2. The van der Waals surface area contributed by atoms with Gasteiger partial charge < -0.3 is 0 Å². The highest BCUT2D eigenvalue weighted by Gasteiger charge is 2.18. The summed E-state index contributed by atoms with van der Waals surface area (Å²) in [5.74, 6) is 0. The van der Waals surface area contributed by atoms with E-state index in [2.05, 4.69) is 578 Å². The molecule has 0 aliphatic rings. The van der Waals surface area contributed by atoms with Crippen LogP contribution in [0.5, 0.6) is 0 Å². The summed E-state index contributed by atoms with van der Waals surface area (Å²) in [6.07, 6.45) is 6.93. The molecule has 0 radical (unpaired) electrons. The maximum Gasteiger partial charge on any atom is 0.0892 e. The van der Waals surface area contributed by atoms with Crippen molar-refractivity contribution in [1.29, 1.82) is 0 Å². The van der Waals surface area contributed by atoms with Gasteiger partial charge in [-0.05, 0) is 347 Å². The van der Waals surface area contributed by atoms with Crippen molar-refractivity contribution in [3.63, 3.8) is 0 Å². The van der Waals surface area contributed by atoms with Gasteiger partial charge in [-0.15, -0.1) is 0 Å². The molecule has 0 spiro atoms. The molecule has 150 heavy (non-hydrogen) atoms. The lowest BCUT2D eigenvalue weighted by atomic mass is 9.91. The van der Waals surface area contributed by atoms with Crippen molar-refractivity contribution in [1.82, 2.24) is 19.9 Å². The number of fused-ring (bicyclic) bond motifs is 6. The Morgan fingerprint density at radius 3 is 0.387 bits per heavy atom. The predicted octanol–water partition coefficient (Wildman–Crippen LogP) is 39.6. The highest BCUT2D eigenvalue weighted by atomic mass is 14.8. The van der Waals surface area contributed by atoms with Gasteiger partial charge in [0.05, 0.1) is 22.1 Å². The van der Waals surface area contributed by atoms with Crippen LogP contribution in [0.4, 0.5) is 0 Å². The number of aromatic nitrogens is 4. The van der Waals surface area contributed by atoms with Gasteiger partial charge in [0.1, 0.15) is 0 Å². The molecule has 702 valence electrons. The van der Waals surface area contributed by atoms with Gasteiger partial charge in [-0.1, -0.05) is 467 Å². The molecular weight excluding hydrogens is 1810 g/mol. The van der Waals surface area contributed by atoms with Crippen molar-refractivity contribution >= 4 is 65.2 Å². The van der Waals surface area contributed by atoms with Crippen LogP contribution < -0.4 is 0 Å². The molecule has 0 aliphatic heterocycles. The molecule has 2 heterocycles. The Labute approximate surface area is 874 Å². The molecule has 0 N–H and O–H groups in total. The second-order valence-electron chi connectivity index (χ2n) is 38.5. The normalized spacial score (nSPS) is 11.2. The lowest BCUT2D eigenvalue weighted by Crippen LogP contribution is -1.88. The van der Waals surface area contributed by atoms with Gasteiger partial charge in [-0.3, -0.25) is 19.9 Å². The third-order valence-corrected chi connectivity index (χ3v) is 29.0. The van der Waals surface area contributed by atoms with Crippen molar-refractivity contribution < 1.29 is 0 Å². The summed E-state index contributed by atoms with van der Waals surface area (Å²) in [6.45, 7) is 0. The monoisotopic (exact) mass is 1910 g/mol. The van der Waals surface area contributed by atoms with Crippen LogP contribution >= 0.6 is 0 Å². The molecule has 0 atom stereocenters. The van der Waals surface area contributed by atoms with Crippen LogP contribution in [0.3, 0.4) is 0 Å². The summed E-state index contributed by atoms with van der Waals surface area (Å²) >= 11 is 0. The summed E-state index contributed by atoms with van der Waals surface area (Å²) < 4.78 is 0. The van der Waals surface area contributed by atoms with E-state index < -0.39 is 0 Å². The smallest absolute Gasteiger partial charge is 0.0892 e. The van der Waals surface area contributed by atoms with Crippen molar-refractivity contribution in [2.45, 2.75) is 0 Å². The van der Waals surface area contributed by atoms with E-state index in [-0.39, 0.29) is 0 Å². The molecule has 4 heteroatoms. The Balaban J connectivity index is 0.000000116. The zero-order valence-corrected chi connectivity index (χ0v) is 82.4. The minimum Gasteiger partial charge on any atom is -0.253 e. The van der Waals surface area contributed by atoms with E-state index in [1.807, 2.05) is 12.1 Å². The summed E-state index contributed by atoms with van der Waals surface area (Å²) in [5, 5.41) is 10.1. The minimum absolute atomic E-state index is 0.894. The number of nitrogens with zero attached hydrogens (tertiary/aromatic N) is 4. The summed E-state index contributed by atoms with van der Waals surface area (Å²) in [7, 11) is 0. The van der Waals surface area contributed by atoms with E-state index in [1.54, 1.807) is 24.8 Å². The molecule has 0 saturated carbocycles. The molecule has 0 unspecified atom stereocenters. The van der Waals surface area contributed by atoms with Crippen LogP contribution in [0.15, 0.2) is 595 Å². The molecule has 0 bridgehead atoms. The van der Waals surface area contributed by atoms with Crippen molar-refractivity contribution in [2.75, 3.05) is 0 Å². The fraction of sp³-hybridized carbons (Fsp3) is 0. The Kier molecular flexibility index (Phi) is 25.3. The molecule has 25 aromatic carbocycles. The van der Waals surface area contributed by atoms with E-state index in [1.165, 1.54) is 199 Å². The third kappa shape index (κ3) is 20.0. The van der Waals surface area contributed by atoms with E-state index in [0.29, 0.717) is 0 Å². The van der Waals surface area contributed by atoms with E-state index in [0.717, 1.165) is 66.6 Å². The molecule has 0 saturated heterocycles. The quantitative estimate of drug-likeness (QED) is 0.0859.